The lowest BCUT2D eigenvalue weighted by Gasteiger charge is -2.27. The average Bonchev–Trinajstić information content (AvgIpc) is 2.01. The molecule has 0 spiro atoms. The van der Waals surface area contributed by atoms with Crippen molar-refractivity contribution in [1.82, 2.24) is 5.32 Å². The Kier molecular flexibility index (Phi) is 4.28. The summed E-state index contributed by atoms with van der Waals surface area (Å²) in [7, 11) is 0. The van der Waals surface area contributed by atoms with Gasteiger partial charge in [-0.2, -0.15) is 0 Å². The number of ether oxygens (including phenoxy) is 1. The van der Waals surface area contributed by atoms with Crippen molar-refractivity contribution >= 4 is 23.1 Å². The minimum atomic E-state index is -0.0865. The van der Waals surface area contributed by atoms with Gasteiger partial charge in [0, 0.05) is 12.6 Å². The normalized spacial score (nSPS) is 26.9. The second kappa shape index (κ2) is 5.26. The molecule has 1 rings (SSSR count). The minimum absolute atomic E-state index is 0.0865. The quantitative estimate of drug-likeness (QED) is 0.668. The highest BCUT2D eigenvalue weighted by atomic mass is 32.1. The fourth-order valence-corrected chi connectivity index (χ4v) is 1.70. The lowest BCUT2D eigenvalue weighted by molar-refractivity contribution is -0.121. The van der Waals surface area contributed by atoms with E-state index in [1.54, 1.807) is 0 Å². The monoisotopic (exact) mass is 216 g/mol. The van der Waals surface area contributed by atoms with Crippen molar-refractivity contribution in [3.05, 3.63) is 0 Å². The number of nitrogens with one attached hydrogen (secondary N) is 1. The summed E-state index contributed by atoms with van der Waals surface area (Å²) < 4.78 is 5.37. The van der Waals surface area contributed by atoms with Crippen LogP contribution in [0.1, 0.15) is 26.2 Å². The first-order valence-corrected chi connectivity index (χ1v) is 5.18. The lowest BCUT2D eigenvalue weighted by Crippen LogP contribution is -2.42. The highest BCUT2D eigenvalue weighted by molar-refractivity contribution is 7.80. The van der Waals surface area contributed by atoms with Gasteiger partial charge in [-0.25, -0.2) is 0 Å². The van der Waals surface area contributed by atoms with Gasteiger partial charge in [-0.05, 0) is 19.8 Å². The zero-order valence-corrected chi connectivity index (χ0v) is 9.10. The first-order chi connectivity index (χ1) is 6.58. The van der Waals surface area contributed by atoms with Crippen molar-refractivity contribution in [2.75, 3.05) is 6.61 Å². The predicted octanol–water partition coefficient (Wildman–Crippen LogP) is 0.346. The van der Waals surface area contributed by atoms with E-state index in [1.807, 2.05) is 6.92 Å². The van der Waals surface area contributed by atoms with Gasteiger partial charge in [0.1, 0.15) is 0 Å². The molecular formula is C9H16N2O2S. The highest BCUT2D eigenvalue weighted by Crippen LogP contribution is 2.12. The molecule has 2 unspecified atom stereocenters. The Balaban J connectivity index is 2.28. The summed E-state index contributed by atoms with van der Waals surface area (Å²) >= 11 is 4.65. The summed E-state index contributed by atoms with van der Waals surface area (Å²) in [6.45, 7) is 2.71. The van der Waals surface area contributed by atoms with Gasteiger partial charge in [-0.3, -0.25) is 4.79 Å². The molecule has 0 aromatic carbocycles. The van der Waals surface area contributed by atoms with E-state index in [9.17, 15) is 4.79 Å². The third-order valence-corrected chi connectivity index (χ3v) is 2.33. The standard InChI is InChI=1S/C9H16N2O2S/c1-6-4-7(2-3-13-6)11-9(12)5-8(10)14/h6-7H,2-5H2,1H3,(H2,10,14)(H,11,12). The second-order valence-electron chi connectivity index (χ2n) is 3.61. The minimum Gasteiger partial charge on any atom is -0.393 e. The van der Waals surface area contributed by atoms with Crippen LogP contribution in [-0.2, 0) is 9.53 Å². The zero-order valence-electron chi connectivity index (χ0n) is 8.29. The average molecular weight is 216 g/mol. The maximum absolute atomic E-state index is 11.3. The molecule has 5 heteroatoms. The Morgan fingerprint density at radius 3 is 3.00 bits per heavy atom. The van der Waals surface area contributed by atoms with Crippen LogP contribution in [0.2, 0.25) is 0 Å². The van der Waals surface area contributed by atoms with Crippen molar-refractivity contribution in [3.63, 3.8) is 0 Å². The van der Waals surface area contributed by atoms with E-state index in [0.717, 1.165) is 12.8 Å². The van der Waals surface area contributed by atoms with Crippen LogP contribution in [0.5, 0.6) is 0 Å². The second-order valence-corrected chi connectivity index (χ2v) is 4.14. The molecule has 1 saturated heterocycles. The van der Waals surface area contributed by atoms with Crippen molar-refractivity contribution in [1.29, 1.82) is 0 Å². The molecule has 0 aromatic rings. The molecule has 0 radical (unpaired) electrons. The molecule has 0 saturated carbocycles. The zero-order chi connectivity index (χ0) is 10.6. The topological polar surface area (TPSA) is 64.4 Å². The molecule has 1 aliphatic rings. The van der Waals surface area contributed by atoms with Gasteiger partial charge >= 0.3 is 0 Å². The Hall–Kier alpha value is -0.680. The molecule has 2 atom stereocenters. The Morgan fingerprint density at radius 2 is 2.43 bits per heavy atom. The Morgan fingerprint density at radius 1 is 1.71 bits per heavy atom. The summed E-state index contributed by atoms with van der Waals surface area (Å²) in [6.07, 6.45) is 2.09. The summed E-state index contributed by atoms with van der Waals surface area (Å²) in [5.74, 6) is -0.0865. The maximum Gasteiger partial charge on any atom is 0.227 e. The van der Waals surface area contributed by atoms with E-state index in [4.69, 9.17) is 10.5 Å². The molecule has 1 fully saturated rings. The molecule has 14 heavy (non-hydrogen) atoms. The largest absolute Gasteiger partial charge is 0.393 e. The summed E-state index contributed by atoms with van der Waals surface area (Å²) in [4.78, 5) is 11.5. The fourth-order valence-electron chi connectivity index (χ4n) is 1.57. The van der Waals surface area contributed by atoms with Crippen molar-refractivity contribution in [3.8, 4) is 0 Å². The van der Waals surface area contributed by atoms with E-state index >= 15 is 0 Å². The van der Waals surface area contributed by atoms with Gasteiger partial charge in [0.2, 0.25) is 5.91 Å². The van der Waals surface area contributed by atoms with Crippen molar-refractivity contribution in [2.45, 2.75) is 38.3 Å². The van der Waals surface area contributed by atoms with Crippen molar-refractivity contribution in [2.24, 2.45) is 5.73 Å². The number of carbonyl (C=O) groups excluding carboxylic acids is 1. The van der Waals surface area contributed by atoms with Gasteiger partial charge in [-0.1, -0.05) is 12.2 Å². The van der Waals surface area contributed by atoms with Crippen LogP contribution in [0.25, 0.3) is 0 Å². The van der Waals surface area contributed by atoms with Gasteiger partial charge in [0.05, 0.1) is 17.5 Å². The smallest absolute Gasteiger partial charge is 0.227 e. The Bertz CT molecular complexity index is 233. The highest BCUT2D eigenvalue weighted by Gasteiger charge is 2.20. The molecule has 4 nitrogen and oxygen atoms in total. The van der Waals surface area contributed by atoms with Crippen LogP contribution in [0.3, 0.4) is 0 Å². The van der Waals surface area contributed by atoms with Crippen LogP contribution in [0.15, 0.2) is 0 Å². The molecule has 0 bridgehead atoms. The molecule has 80 valence electrons. The van der Waals surface area contributed by atoms with Crippen LogP contribution in [-0.4, -0.2) is 29.6 Å². The third kappa shape index (κ3) is 4.02. The number of rotatable bonds is 3. The number of carbonyl (C=O) groups is 1. The molecule has 3 N–H and O–H groups in total. The molecular weight excluding hydrogens is 200 g/mol. The number of amides is 1. The molecule has 1 heterocycles. The van der Waals surface area contributed by atoms with Crippen LogP contribution < -0.4 is 11.1 Å². The van der Waals surface area contributed by atoms with Crippen LogP contribution in [0, 0.1) is 0 Å². The van der Waals surface area contributed by atoms with Crippen molar-refractivity contribution < 1.29 is 9.53 Å². The lowest BCUT2D eigenvalue weighted by atomic mass is 10.0. The number of nitrogens with two attached hydrogens (primary N) is 1. The van der Waals surface area contributed by atoms with Gasteiger partial charge < -0.3 is 15.8 Å². The first kappa shape index (κ1) is 11.4. The Labute approximate surface area is 89.2 Å². The first-order valence-electron chi connectivity index (χ1n) is 4.77. The summed E-state index contributed by atoms with van der Waals surface area (Å²) in [5.41, 5.74) is 5.27. The fraction of sp³-hybridized carbons (Fsp3) is 0.778. The van der Waals surface area contributed by atoms with E-state index in [1.165, 1.54) is 0 Å². The third-order valence-electron chi connectivity index (χ3n) is 2.19. The van der Waals surface area contributed by atoms with Gasteiger partial charge in [0.25, 0.3) is 0 Å². The molecule has 0 aliphatic carbocycles. The van der Waals surface area contributed by atoms with E-state index in [-0.39, 0.29) is 29.5 Å². The van der Waals surface area contributed by atoms with E-state index in [2.05, 4.69) is 17.5 Å². The van der Waals surface area contributed by atoms with E-state index in [0.29, 0.717) is 6.61 Å². The number of hydrogen-bond donors (Lipinski definition) is 2. The predicted molar refractivity (Wildman–Crippen MR) is 58.0 cm³/mol. The number of thiocarbonyl (C=S) groups is 1. The van der Waals surface area contributed by atoms with E-state index < -0.39 is 0 Å². The van der Waals surface area contributed by atoms with Gasteiger partial charge in [0.15, 0.2) is 0 Å². The maximum atomic E-state index is 11.3. The SMILES string of the molecule is CC1CC(NC(=O)CC(N)=S)CCO1. The summed E-state index contributed by atoms with van der Waals surface area (Å²) in [6, 6.07) is 0.209. The van der Waals surface area contributed by atoms with Crippen LogP contribution >= 0.6 is 12.2 Å². The number of hydrogen-bond acceptors (Lipinski definition) is 3. The summed E-state index contributed by atoms with van der Waals surface area (Å²) in [5, 5.41) is 2.89. The molecule has 1 aliphatic heterocycles. The van der Waals surface area contributed by atoms with Crippen LogP contribution in [0.4, 0.5) is 0 Å². The molecule has 0 aromatic heterocycles. The molecule has 1 amide bonds. The van der Waals surface area contributed by atoms with Gasteiger partial charge in [-0.15, -0.1) is 0 Å².